The van der Waals surface area contributed by atoms with Crippen LogP contribution in [0.15, 0.2) is 81.4 Å². The highest BCUT2D eigenvalue weighted by molar-refractivity contribution is 6.03. The zero-order chi connectivity index (χ0) is 30.6. The molecule has 0 aromatic heterocycles. The van der Waals surface area contributed by atoms with Crippen molar-refractivity contribution in [3.63, 3.8) is 0 Å². The van der Waals surface area contributed by atoms with E-state index in [0.717, 1.165) is 56.0 Å². The van der Waals surface area contributed by atoms with E-state index in [9.17, 15) is 18.4 Å². The van der Waals surface area contributed by atoms with E-state index >= 15 is 0 Å². The number of rotatable bonds is 8. The molecule has 2 saturated heterocycles. The van der Waals surface area contributed by atoms with Crippen molar-refractivity contribution in [2.24, 2.45) is 10.2 Å². The summed E-state index contributed by atoms with van der Waals surface area (Å²) in [7, 11) is 2.08. The van der Waals surface area contributed by atoms with Gasteiger partial charge < -0.3 is 25.6 Å². The van der Waals surface area contributed by atoms with E-state index < -0.39 is 11.6 Å². The number of hydrogen-bond donors (Lipinski definition) is 3. The number of azo groups is 1. The number of halogens is 2. The van der Waals surface area contributed by atoms with Gasteiger partial charge in [0.05, 0.1) is 11.3 Å². The summed E-state index contributed by atoms with van der Waals surface area (Å²) in [6.45, 7) is 3.12. The van der Waals surface area contributed by atoms with Crippen molar-refractivity contribution in [1.29, 1.82) is 0 Å². The van der Waals surface area contributed by atoms with Crippen molar-refractivity contribution in [3.8, 4) is 0 Å². The molecule has 44 heavy (non-hydrogen) atoms. The van der Waals surface area contributed by atoms with Gasteiger partial charge in [-0.1, -0.05) is 11.6 Å². The summed E-state index contributed by atoms with van der Waals surface area (Å²) in [4.78, 5) is 29.1. The number of ether oxygens (including phenoxy) is 1. The molecule has 2 fully saturated rings. The van der Waals surface area contributed by atoms with E-state index in [-0.39, 0.29) is 23.9 Å². The van der Waals surface area contributed by atoms with Crippen LogP contribution >= 0.6 is 0 Å². The van der Waals surface area contributed by atoms with Crippen LogP contribution in [0, 0.1) is 11.6 Å². The molecule has 3 heterocycles. The monoisotopic (exact) mass is 602 g/mol. The minimum absolute atomic E-state index is 0.101. The number of amides is 2. The maximum absolute atomic E-state index is 13.7. The molecule has 3 N–H and O–H groups in total. The van der Waals surface area contributed by atoms with E-state index in [1.807, 2.05) is 6.08 Å². The Balaban J connectivity index is 1.19. The normalized spacial score (nSPS) is 19.3. The van der Waals surface area contributed by atoms with Gasteiger partial charge in [0.1, 0.15) is 11.6 Å². The highest BCUT2D eigenvalue weighted by Crippen LogP contribution is 2.34. The molecule has 0 unspecified atom stereocenters. The number of carbonyl (C=O) groups excluding carboxylic acids is 2. The Hall–Kier alpha value is -4.22. The van der Waals surface area contributed by atoms with Crippen LogP contribution in [0.25, 0.3) is 0 Å². The summed E-state index contributed by atoms with van der Waals surface area (Å²) in [5.41, 5.74) is 4.24. The number of likely N-dealkylation sites (tertiary alicyclic amines) is 1. The van der Waals surface area contributed by atoms with E-state index in [4.69, 9.17) is 4.74 Å². The molecule has 2 amide bonds. The number of piperidine rings is 1. The van der Waals surface area contributed by atoms with Crippen LogP contribution in [0.2, 0.25) is 0 Å². The number of carbonyl (C=O) groups is 2. The third-order valence-corrected chi connectivity index (χ3v) is 8.48. The van der Waals surface area contributed by atoms with Gasteiger partial charge in [-0.15, -0.1) is 10.2 Å². The highest BCUT2D eigenvalue weighted by Gasteiger charge is 2.26. The zero-order valence-corrected chi connectivity index (χ0v) is 24.7. The lowest BCUT2D eigenvalue weighted by Gasteiger charge is -2.29. The third-order valence-electron chi connectivity index (χ3n) is 8.48. The largest absolute Gasteiger partial charge is 0.381 e. The number of nitrogens with one attached hydrogen (secondary N) is 3. The molecule has 2 aromatic rings. The molecule has 230 valence electrons. The predicted molar refractivity (Wildman–Crippen MR) is 162 cm³/mol. The Morgan fingerprint density at radius 3 is 2.43 bits per heavy atom. The van der Waals surface area contributed by atoms with Crippen molar-refractivity contribution in [2.75, 3.05) is 38.7 Å². The van der Waals surface area contributed by atoms with Gasteiger partial charge in [0.25, 0.3) is 11.8 Å². The molecule has 3 aliphatic heterocycles. The van der Waals surface area contributed by atoms with Crippen LogP contribution in [0.5, 0.6) is 0 Å². The molecule has 4 aliphatic rings. The van der Waals surface area contributed by atoms with Crippen molar-refractivity contribution in [2.45, 2.75) is 50.6 Å². The lowest BCUT2D eigenvalue weighted by atomic mass is 9.92. The first kappa shape index (κ1) is 29.8. The zero-order valence-electron chi connectivity index (χ0n) is 24.7. The molecule has 0 radical (unpaired) electrons. The van der Waals surface area contributed by atoms with E-state index in [1.54, 1.807) is 24.3 Å². The summed E-state index contributed by atoms with van der Waals surface area (Å²) in [6, 6.07) is 8.78. The fourth-order valence-corrected chi connectivity index (χ4v) is 6.00. The molecule has 0 spiro atoms. The Morgan fingerprint density at radius 2 is 1.68 bits per heavy atom. The summed E-state index contributed by atoms with van der Waals surface area (Å²) < 4.78 is 33.0. The SMILES string of the molecule is CN1CCC(NC(=O)c2ccc(C(=O)NC3=C4CC(Cc5cc(F)cc(F)c5)=CC=C4N=N3)c(NC3CCOCC3)c2)CC1. The van der Waals surface area contributed by atoms with Gasteiger partial charge in [-0.2, -0.15) is 0 Å². The minimum atomic E-state index is -0.624. The number of fused-ring (bicyclic) bond motifs is 1. The first-order chi connectivity index (χ1) is 21.3. The lowest BCUT2D eigenvalue weighted by Crippen LogP contribution is -2.43. The average Bonchev–Trinajstić information content (AvgIpc) is 3.40. The second-order valence-electron chi connectivity index (χ2n) is 11.8. The molecule has 6 rings (SSSR count). The van der Waals surface area contributed by atoms with Gasteiger partial charge in [-0.25, -0.2) is 8.78 Å². The number of anilines is 1. The number of hydrogen-bond acceptors (Lipinski definition) is 7. The van der Waals surface area contributed by atoms with Gasteiger partial charge >= 0.3 is 0 Å². The summed E-state index contributed by atoms with van der Waals surface area (Å²) >= 11 is 0. The van der Waals surface area contributed by atoms with Crippen LogP contribution < -0.4 is 16.0 Å². The van der Waals surface area contributed by atoms with Crippen LogP contribution in [-0.2, 0) is 11.2 Å². The molecule has 0 bridgehead atoms. The van der Waals surface area contributed by atoms with Crippen LogP contribution in [0.1, 0.15) is 58.4 Å². The highest BCUT2D eigenvalue weighted by atomic mass is 19.1. The van der Waals surface area contributed by atoms with Crippen LogP contribution in [0.4, 0.5) is 14.5 Å². The Kier molecular flexibility index (Phi) is 8.94. The molecular formula is C33H36F2N6O3. The summed E-state index contributed by atoms with van der Waals surface area (Å²) in [6.07, 6.45) is 7.81. The van der Waals surface area contributed by atoms with E-state index in [1.165, 1.54) is 12.1 Å². The van der Waals surface area contributed by atoms with Crippen LogP contribution in [-0.4, -0.2) is 62.1 Å². The summed E-state index contributed by atoms with van der Waals surface area (Å²) in [5.74, 6) is -1.46. The van der Waals surface area contributed by atoms with Crippen molar-refractivity contribution >= 4 is 17.5 Å². The van der Waals surface area contributed by atoms with Gasteiger partial charge in [-0.3, -0.25) is 9.59 Å². The molecule has 0 saturated carbocycles. The molecule has 1 aliphatic carbocycles. The second-order valence-corrected chi connectivity index (χ2v) is 11.8. The maximum atomic E-state index is 13.7. The molecular weight excluding hydrogens is 566 g/mol. The van der Waals surface area contributed by atoms with Crippen molar-refractivity contribution in [1.82, 2.24) is 15.5 Å². The smallest absolute Gasteiger partial charge is 0.258 e. The Morgan fingerprint density at radius 1 is 0.932 bits per heavy atom. The molecule has 0 atom stereocenters. The number of allylic oxidation sites excluding steroid dienone is 4. The van der Waals surface area contributed by atoms with Crippen molar-refractivity contribution < 1.29 is 23.1 Å². The van der Waals surface area contributed by atoms with Crippen molar-refractivity contribution in [3.05, 3.63) is 99.5 Å². The standard InChI is InChI=1S/C33H36F2N6O3/c1-41-10-6-25(7-11-41)37-32(42)22-3-4-27(30(18-22)36-26-8-12-44-13-9-26)33(43)38-31-28-17-20(2-5-29(28)39-40-31)14-21-15-23(34)19-24(35)16-21/h2-5,15-16,18-19,25-26,36H,6-14,17H2,1H3,(H,37,42)(H,38,43). The lowest BCUT2D eigenvalue weighted by molar-refractivity contribution is 0.0900. The first-order valence-corrected chi connectivity index (χ1v) is 15.1. The molecule has 9 nitrogen and oxygen atoms in total. The topological polar surface area (TPSA) is 107 Å². The fraction of sp³-hybridized carbons (Fsp3) is 0.394. The van der Waals surface area contributed by atoms with Crippen LogP contribution in [0.3, 0.4) is 0 Å². The minimum Gasteiger partial charge on any atom is -0.381 e. The van der Waals surface area contributed by atoms with E-state index in [0.29, 0.717) is 60.0 Å². The number of benzene rings is 2. The second kappa shape index (κ2) is 13.2. The predicted octanol–water partition coefficient (Wildman–Crippen LogP) is 5.24. The Labute approximate surface area is 255 Å². The average molecular weight is 603 g/mol. The van der Waals surface area contributed by atoms with Gasteiger partial charge in [0, 0.05) is 48.2 Å². The van der Waals surface area contributed by atoms with E-state index in [2.05, 4.69) is 38.1 Å². The summed E-state index contributed by atoms with van der Waals surface area (Å²) in [5, 5.41) is 18.0. The molecule has 11 heteroatoms. The van der Waals surface area contributed by atoms with Gasteiger partial charge in [0.15, 0.2) is 5.82 Å². The fourth-order valence-electron chi connectivity index (χ4n) is 6.00. The Bertz CT molecular complexity index is 1550. The third kappa shape index (κ3) is 7.11. The number of nitrogens with zero attached hydrogens (tertiary/aromatic N) is 3. The van der Waals surface area contributed by atoms with Gasteiger partial charge in [-0.05, 0) is 101 Å². The van der Waals surface area contributed by atoms with Gasteiger partial charge in [0.2, 0.25) is 0 Å². The quantitative estimate of drug-likeness (QED) is 0.383. The first-order valence-electron chi connectivity index (χ1n) is 15.1. The molecule has 2 aromatic carbocycles. The maximum Gasteiger partial charge on any atom is 0.258 e.